The maximum atomic E-state index is 11.3. The fourth-order valence-corrected chi connectivity index (χ4v) is 1.47. The SMILES string of the molecule is COC(=O)c1cc(CCCC=O)cn1C. The number of rotatable bonds is 5. The molecule has 0 aromatic carbocycles. The zero-order chi connectivity index (χ0) is 11.3. The summed E-state index contributed by atoms with van der Waals surface area (Å²) in [6.07, 6.45) is 4.97. The molecule has 0 spiro atoms. The zero-order valence-corrected chi connectivity index (χ0v) is 9.03. The average molecular weight is 209 g/mol. The molecule has 1 rings (SSSR count). The number of methoxy groups -OCH3 is 1. The number of aromatic nitrogens is 1. The van der Waals surface area contributed by atoms with Gasteiger partial charge < -0.3 is 14.1 Å². The summed E-state index contributed by atoms with van der Waals surface area (Å²) >= 11 is 0. The van der Waals surface area contributed by atoms with E-state index in [-0.39, 0.29) is 5.97 Å². The largest absolute Gasteiger partial charge is 0.464 e. The normalized spacial score (nSPS) is 10.0. The lowest BCUT2D eigenvalue weighted by Gasteiger charge is -1.98. The minimum absolute atomic E-state index is 0.334. The molecule has 1 aromatic heterocycles. The first-order valence-corrected chi connectivity index (χ1v) is 4.86. The molecule has 0 radical (unpaired) electrons. The standard InChI is InChI=1S/C11H15NO3/c1-12-8-9(5-3-4-6-13)7-10(12)11(14)15-2/h6-8H,3-5H2,1-2H3. The van der Waals surface area contributed by atoms with E-state index >= 15 is 0 Å². The van der Waals surface area contributed by atoms with Gasteiger partial charge in [0.2, 0.25) is 0 Å². The van der Waals surface area contributed by atoms with Gasteiger partial charge in [0.15, 0.2) is 0 Å². The molecule has 1 heterocycles. The summed E-state index contributed by atoms with van der Waals surface area (Å²) in [6.45, 7) is 0. The number of carbonyl (C=O) groups excluding carboxylic acids is 2. The number of nitrogens with zero attached hydrogens (tertiary/aromatic N) is 1. The van der Waals surface area contributed by atoms with Crippen molar-refractivity contribution in [1.82, 2.24) is 4.57 Å². The molecular weight excluding hydrogens is 194 g/mol. The molecular formula is C11H15NO3. The predicted octanol–water partition coefficient (Wildman–Crippen LogP) is 1.33. The number of aldehydes is 1. The highest BCUT2D eigenvalue weighted by molar-refractivity contribution is 5.87. The van der Waals surface area contributed by atoms with Crippen LogP contribution in [0.15, 0.2) is 12.3 Å². The highest BCUT2D eigenvalue weighted by Gasteiger charge is 2.11. The summed E-state index contributed by atoms with van der Waals surface area (Å²) in [4.78, 5) is 21.4. The number of ether oxygens (including phenoxy) is 1. The van der Waals surface area contributed by atoms with Crippen molar-refractivity contribution in [2.24, 2.45) is 7.05 Å². The molecule has 0 fully saturated rings. The smallest absolute Gasteiger partial charge is 0.354 e. The number of aryl methyl sites for hydroxylation is 2. The molecule has 82 valence electrons. The second-order valence-corrected chi connectivity index (χ2v) is 3.39. The molecule has 0 bridgehead atoms. The minimum Gasteiger partial charge on any atom is -0.464 e. The summed E-state index contributed by atoms with van der Waals surface area (Å²) in [7, 11) is 3.16. The van der Waals surface area contributed by atoms with Crippen LogP contribution in [0.3, 0.4) is 0 Å². The molecule has 0 N–H and O–H groups in total. The molecule has 0 aliphatic carbocycles. The first kappa shape index (κ1) is 11.5. The van der Waals surface area contributed by atoms with Gasteiger partial charge in [0.25, 0.3) is 0 Å². The lowest BCUT2D eigenvalue weighted by atomic mass is 10.1. The van der Waals surface area contributed by atoms with Gasteiger partial charge in [-0.1, -0.05) is 0 Å². The average Bonchev–Trinajstić information content (AvgIpc) is 2.59. The summed E-state index contributed by atoms with van der Waals surface area (Å²) in [5.41, 5.74) is 1.60. The Morgan fingerprint density at radius 2 is 2.33 bits per heavy atom. The van der Waals surface area contributed by atoms with Gasteiger partial charge in [-0.3, -0.25) is 0 Å². The Balaban J connectivity index is 2.68. The van der Waals surface area contributed by atoms with E-state index in [1.165, 1.54) is 7.11 Å². The van der Waals surface area contributed by atoms with Gasteiger partial charge in [0.05, 0.1) is 7.11 Å². The van der Waals surface area contributed by atoms with Gasteiger partial charge in [0.1, 0.15) is 12.0 Å². The van der Waals surface area contributed by atoms with Crippen LogP contribution in [-0.4, -0.2) is 23.9 Å². The van der Waals surface area contributed by atoms with Crippen LogP contribution in [-0.2, 0) is 23.0 Å². The molecule has 0 saturated carbocycles. The molecule has 4 heteroatoms. The molecule has 1 aromatic rings. The van der Waals surface area contributed by atoms with Gasteiger partial charge in [-0.2, -0.15) is 0 Å². The molecule has 0 aliphatic heterocycles. The third-order valence-corrected chi connectivity index (χ3v) is 2.24. The van der Waals surface area contributed by atoms with Crippen LogP contribution in [0.1, 0.15) is 28.9 Å². The summed E-state index contributed by atoms with van der Waals surface area (Å²) in [5, 5.41) is 0. The lowest BCUT2D eigenvalue weighted by Crippen LogP contribution is -2.06. The van der Waals surface area contributed by atoms with Crippen molar-refractivity contribution in [2.75, 3.05) is 7.11 Å². The van der Waals surface area contributed by atoms with Gasteiger partial charge >= 0.3 is 5.97 Å². The third kappa shape index (κ3) is 2.94. The van der Waals surface area contributed by atoms with Crippen molar-refractivity contribution in [3.05, 3.63) is 23.5 Å². The fraction of sp³-hybridized carbons (Fsp3) is 0.455. The molecule has 0 unspecified atom stereocenters. The van der Waals surface area contributed by atoms with Crippen molar-refractivity contribution >= 4 is 12.3 Å². The van der Waals surface area contributed by atoms with Crippen LogP contribution in [0.4, 0.5) is 0 Å². The van der Waals surface area contributed by atoms with E-state index in [1.54, 1.807) is 17.7 Å². The zero-order valence-electron chi connectivity index (χ0n) is 9.03. The fourth-order valence-electron chi connectivity index (χ4n) is 1.47. The molecule has 0 atom stereocenters. The third-order valence-electron chi connectivity index (χ3n) is 2.24. The Morgan fingerprint density at radius 3 is 2.93 bits per heavy atom. The number of esters is 1. The van der Waals surface area contributed by atoms with Crippen molar-refractivity contribution in [3.8, 4) is 0 Å². The van der Waals surface area contributed by atoms with Crippen molar-refractivity contribution in [1.29, 1.82) is 0 Å². The second kappa shape index (κ2) is 5.34. The number of hydrogen-bond donors (Lipinski definition) is 0. The van der Waals surface area contributed by atoms with E-state index in [1.807, 2.05) is 6.20 Å². The molecule has 15 heavy (non-hydrogen) atoms. The Morgan fingerprint density at radius 1 is 1.60 bits per heavy atom. The van der Waals surface area contributed by atoms with E-state index in [4.69, 9.17) is 0 Å². The highest BCUT2D eigenvalue weighted by Crippen LogP contribution is 2.11. The van der Waals surface area contributed by atoms with E-state index in [9.17, 15) is 9.59 Å². The van der Waals surface area contributed by atoms with Crippen LogP contribution in [0.2, 0.25) is 0 Å². The Labute approximate surface area is 88.8 Å². The van der Waals surface area contributed by atoms with Crippen LogP contribution >= 0.6 is 0 Å². The number of unbranched alkanes of at least 4 members (excludes halogenated alkanes) is 1. The molecule has 0 aliphatic rings. The maximum absolute atomic E-state index is 11.3. The van der Waals surface area contributed by atoms with E-state index in [0.717, 1.165) is 24.7 Å². The van der Waals surface area contributed by atoms with E-state index in [0.29, 0.717) is 12.1 Å². The van der Waals surface area contributed by atoms with E-state index in [2.05, 4.69) is 4.74 Å². The lowest BCUT2D eigenvalue weighted by molar-refractivity contribution is -0.107. The summed E-state index contributed by atoms with van der Waals surface area (Å²) < 4.78 is 6.38. The van der Waals surface area contributed by atoms with Crippen molar-refractivity contribution in [3.63, 3.8) is 0 Å². The molecule has 0 saturated heterocycles. The predicted molar refractivity (Wildman–Crippen MR) is 55.8 cm³/mol. The van der Waals surface area contributed by atoms with Gasteiger partial charge in [0, 0.05) is 19.7 Å². The Bertz CT molecular complexity index is 355. The minimum atomic E-state index is -0.334. The van der Waals surface area contributed by atoms with Crippen molar-refractivity contribution < 1.29 is 14.3 Å². The number of carbonyl (C=O) groups is 2. The second-order valence-electron chi connectivity index (χ2n) is 3.39. The van der Waals surface area contributed by atoms with Crippen LogP contribution in [0, 0.1) is 0 Å². The first-order chi connectivity index (χ1) is 7.19. The van der Waals surface area contributed by atoms with Gasteiger partial charge in [-0.15, -0.1) is 0 Å². The highest BCUT2D eigenvalue weighted by atomic mass is 16.5. The van der Waals surface area contributed by atoms with E-state index < -0.39 is 0 Å². The quantitative estimate of drug-likeness (QED) is 0.417. The Hall–Kier alpha value is -1.58. The number of hydrogen-bond acceptors (Lipinski definition) is 3. The molecule has 4 nitrogen and oxygen atoms in total. The van der Waals surface area contributed by atoms with Gasteiger partial charge in [-0.05, 0) is 24.5 Å². The molecule has 0 amide bonds. The van der Waals surface area contributed by atoms with Crippen LogP contribution in [0.5, 0.6) is 0 Å². The summed E-state index contributed by atoms with van der Waals surface area (Å²) in [6, 6.07) is 1.80. The first-order valence-electron chi connectivity index (χ1n) is 4.86. The van der Waals surface area contributed by atoms with Gasteiger partial charge in [-0.25, -0.2) is 4.79 Å². The van der Waals surface area contributed by atoms with Crippen molar-refractivity contribution in [2.45, 2.75) is 19.3 Å². The van der Waals surface area contributed by atoms with Crippen LogP contribution in [0.25, 0.3) is 0 Å². The van der Waals surface area contributed by atoms with Crippen LogP contribution < -0.4 is 0 Å². The topological polar surface area (TPSA) is 48.3 Å². The maximum Gasteiger partial charge on any atom is 0.354 e. The summed E-state index contributed by atoms with van der Waals surface area (Å²) in [5.74, 6) is -0.334. The Kier molecular flexibility index (Phi) is 4.09. The monoisotopic (exact) mass is 209 g/mol.